The van der Waals surface area contributed by atoms with Gasteiger partial charge in [0.15, 0.2) is 0 Å². The van der Waals surface area contributed by atoms with Crippen LogP contribution in [0.25, 0.3) is 0 Å². The van der Waals surface area contributed by atoms with Crippen molar-refractivity contribution in [1.29, 1.82) is 0 Å². The van der Waals surface area contributed by atoms with E-state index in [2.05, 4.69) is 17.3 Å². The molecule has 3 nitrogen and oxygen atoms in total. The molecule has 0 saturated heterocycles. The number of nitrogens with one attached hydrogen (secondary N) is 1. The second kappa shape index (κ2) is 7.69. The molecule has 0 bridgehead atoms. The van der Waals surface area contributed by atoms with Crippen LogP contribution in [-0.4, -0.2) is 12.4 Å². The molecule has 1 rings (SSSR count). The van der Waals surface area contributed by atoms with Gasteiger partial charge in [-0.3, -0.25) is 4.99 Å². The first-order valence-corrected chi connectivity index (χ1v) is 6.39. The molecule has 0 heterocycles. The molecule has 0 aromatic rings. The Labute approximate surface area is 93.5 Å². The van der Waals surface area contributed by atoms with Gasteiger partial charge >= 0.3 is 0 Å². The molecule has 3 heteroatoms. The number of hydrogen-bond donors (Lipinski definition) is 2. The fourth-order valence-corrected chi connectivity index (χ4v) is 2.25. The molecule has 0 spiro atoms. The Balaban J connectivity index is 2.47. The fraction of sp³-hybridized carbons (Fsp3) is 0.917. The van der Waals surface area contributed by atoms with Gasteiger partial charge in [-0.25, -0.2) is 5.84 Å². The van der Waals surface area contributed by atoms with E-state index in [1.165, 1.54) is 44.9 Å². The molecule has 0 amide bonds. The maximum Gasteiger partial charge on any atom is 0.113 e. The summed E-state index contributed by atoms with van der Waals surface area (Å²) in [5.74, 6) is 7.18. The molecule has 1 aliphatic carbocycles. The topological polar surface area (TPSA) is 50.4 Å². The highest BCUT2D eigenvalue weighted by molar-refractivity contribution is 5.84. The highest BCUT2D eigenvalue weighted by Crippen LogP contribution is 2.22. The molecule has 1 fully saturated rings. The molecule has 3 N–H and O–H groups in total. The molecular formula is C12H25N3. The van der Waals surface area contributed by atoms with Gasteiger partial charge in [-0.1, -0.05) is 39.0 Å². The second-order valence-electron chi connectivity index (χ2n) is 4.45. The average molecular weight is 211 g/mol. The minimum atomic E-state index is 0.585. The lowest BCUT2D eigenvalue weighted by molar-refractivity contribution is 0.445. The van der Waals surface area contributed by atoms with E-state index < -0.39 is 0 Å². The lowest BCUT2D eigenvalue weighted by Gasteiger charge is -2.21. The third kappa shape index (κ3) is 4.65. The van der Waals surface area contributed by atoms with Crippen LogP contribution in [0.15, 0.2) is 4.99 Å². The van der Waals surface area contributed by atoms with Crippen molar-refractivity contribution >= 4 is 5.84 Å². The summed E-state index contributed by atoms with van der Waals surface area (Å²) in [4.78, 5) is 4.54. The van der Waals surface area contributed by atoms with Crippen LogP contribution in [0.1, 0.15) is 58.3 Å². The van der Waals surface area contributed by atoms with Crippen LogP contribution in [0, 0.1) is 5.92 Å². The maximum absolute atomic E-state index is 5.55. The van der Waals surface area contributed by atoms with E-state index in [0.29, 0.717) is 5.92 Å². The Bertz CT molecular complexity index is 181. The van der Waals surface area contributed by atoms with Gasteiger partial charge in [-0.15, -0.1) is 0 Å². The van der Waals surface area contributed by atoms with E-state index in [9.17, 15) is 0 Å². The largest absolute Gasteiger partial charge is 0.312 e. The molecule has 0 aromatic carbocycles. The first-order chi connectivity index (χ1) is 7.38. The molecular weight excluding hydrogens is 186 g/mol. The van der Waals surface area contributed by atoms with Gasteiger partial charge in [-0.2, -0.15) is 0 Å². The van der Waals surface area contributed by atoms with Crippen LogP contribution in [0.5, 0.6) is 0 Å². The molecule has 1 saturated carbocycles. The Kier molecular flexibility index (Phi) is 6.41. The fourth-order valence-electron chi connectivity index (χ4n) is 2.25. The zero-order chi connectivity index (χ0) is 10.9. The van der Waals surface area contributed by atoms with E-state index in [4.69, 9.17) is 5.84 Å². The summed E-state index contributed by atoms with van der Waals surface area (Å²) in [6, 6.07) is 0. The van der Waals surface area contributed by atoms with Crippen LogP contribution in [-0.2, 0) is 0 Å². The summed E-state index contributed by atoms with van der Waals surface area (Å²) in [6.45, 7) is 3.05. The van der Waals surface area contributed by atoms with Crippen LogP contribution >= 0.6 is 0 Å². The number of nitrogens with two attached hydrogens (primary N) is 1. The predicted molar refractivity (Wildman–Crippen MR) is 65.7 cm³/mol. The molecule has 0 aliphatic heterocycles. The first-order valence-electron chi connectivity index (χ1n) is 6.39. The van der Waals surface area contributed by atoms with Crippen LogP contribution in [0.2, 0.25) is 0 Å². The lowest BCUT2D eigenvalue weighted by Crippen LogP contribution is -2.36. The number of aliphatic imine (C=N–C) groups is 1. The van der Waals surface area contributed by atoms with Gasteiger partial charge in [0.25, 0.3) is 0 Å². The molecule has 0 aromatic heterocycles. The summed E-state index contributed by atoms with van der Waals surface area (Å²) < 4.78 is 0. The van der Waals surface area contributed by atoms with Gasteiger partial charge in [0.1, 0.15) is 5.84 Å². The van der Waals surface area contributed by atoms with E-state index in [-0.39, 0.29) is 0 Å². The Morgan fingerprint density at radius 2 is 1.80 bits per heavy atom. The van der Waals surface area contributed by atoms with Gasteiger partial charge < -0.3 is 5.43 Å². The Hall–Kier alpha value is -0.570. The monoisotopic (exact) mass is 211 g/mol. The maximum atomic E-state index is 5.55. The van der Waals surface area contributed by atoms with Crippen molar-refractivity contribution in [3.63, 3.8) is 0 Å². The summed E-state index contributed by atoms with van der Waals surface area (Å²) >= 11 is 0. The lowest BCUT2D eigenvalue weighted by atomic mass is 9.90. The third-order valence-corrected chi connectivity index (χ3v) is 3.15. The molecule has 88 valence electrons. The number of amidine groups is 1. The Morgan fingerprint density at radius 3 is 2.33 bits per heavy atom. The highest BCUT2D eigenvalue weighted by Gasteiger charge is 2.16. The van der Waals surface area contributed by atoms with Gasteiger partial charge in [-0.05, 0) is 19.3 Å². The van der Waals surface area contributed by atoms with Crippen molar-refractivity contribution in [2.75, 3.05) is 6.54 Å². The summed E-state index contributed by atoms with van der Waals surface area (Å²) in [7, 11) is 0. The molecule has 0 unspecified atom stereocenters. The van der Waals surface area contributed by atoms with Crippen molar-refractivity contribution in [3.05, 3.63) is 0 Å². The van der Waals surface area contributed by atoms with Crippen molar-refractivity contribution in [2.24, 2.45) is 16.8 Å². The first kappa shape index (κ1) is 12.5. The average Bonchev–Trinajstić information content (AvgIpc) is 2.21. The zero-order valence-electron chi connectivity index (χ0n) is 9.97. The third-order valence-electron chi connectivity index (χ3n) is 3.15. The smallest absolute Gasteiger partial charge is 0.113 e. The van der Waals surface area contributed by atoms with Crippen molar-refractivity contribution < 1.29 is 0 Å². The van der Waals surface area contributed by atoms with Crippen LogP contribution in [0.4, 0.5) is 0 Å². The van der Waals surface area contributed by atoms with E-state index in [1.807, 2.05) is 0 Å². The van der Waals surface area contributed by atoms with Gasteiger partial charge in [0.05, 0.1) is 0 Å². The Morgan fingerprint density at radius 1 is 1.20 bits per heavy atom. The highest BCUT2D eigenvalue weighted by atomic mass is 15.3. The van der Waals surface area contributed by atoms with Crippen molar-refractivity contribution in [2.45, 2.75) is 58.3 Å². The normalized spacial score (nSPS) is 20.8. The van der Waals surface area contributed by atoms with E-state index in [1.54, 1.807) is 0 Å². The van der Waals surface area contributed by atoms with E-state index in [0.717, 1.165) is 18.8 Å². The number of rotatable bonds is 3. The molecule has 15 heavy (non-hydrogen) atoms. The number of nitrogens with zero attached hydrogens (tertiary/aromatic N) is 1. The summed E-state index contributed by atoms with van der Waals surface area (Å²) in [5, 5.41) is 0. The minimum Gasteiger partial charge on any atom is -0.312 e. The van der Waals surface area contributed by atoms with Gasteiger partial charge in [0.2, 0.25) is 0 Å². The second-order valence-corrected chi connectivity index (χ2v) is 4.45. The SMILES string of the molecule is CCCN=C(NN)C1CCCCCCC1. The standard InChI is InChI=1S/C12H25N3/c1-2-10-14-12(15-13)11-8-6-4-3-5-7-9-11/h11H,2-10,13H2,1H3,(H,14,15). The molecule has 0 radical (unpaired) electrons. The van der Waals surface area contributed by atoms with Crippen molar-refractivity contribution in [3.8, 4) is 0 Å². The summed E-state index contributed by atoms with van der Waals surface area (Å²) in [5.41, 5.74) is 2.80. The number of hydrogen-bond acceptors (Lipinski definition) is 2. The van der Waals surface area contributed by atoms with Crippen LogP contribution < -0.4 is 11.3 Å². The molecule has 1 aliphatic rings. The minimum absolute atomic E-state index is 0.585. The summed E-state index contributed by atoms with van der Waals surface area (Å²) in [6.07, 6.45) is 10.4. The number of hydrazine groups is 1. The quantitative estimate of drug-likeness (QED) is 0.326. The van der Waals surface area contributed by atoms with Crippen molar-refractivity contribution in [1.82, 2.24) is 5.43 Å². The van der Waals surface area contributed by atoms with Crippen LogP contribution in [0.3, 0.4) is 0 Å². The molecule has 0 atom stereocenters. The zero-order valence-corrected chi connectivity index (χ0v) is 9.97. The van der Waals surface area contributed by atoms with E-state index >= 15 is 0 Å². The predicted octanol–water partition coefficient (Wildman–Crippen LogP) is 2.62. The van der Waals surface area contributed by atoms with Gasteiger partial charge in [0, 0.05) is 12.5 Å².